The molecule has 1 aromatic carbocycles. The molecule has 5 rings (SSSR count). The van der Waals surface area contributed by atoms with E-state index in [0.717, 1.165) is 80.5 Å². The van der Waals surface area contributed by atoms with Gasteiger partial charge >= 0.3 is 5.69 Å². The van der Waals surface area contributed by atoms with E-state index in [1.807, 2.05) is 30.5 Å². The lowest BCUT2D eigenvalue weighted by molar-refractivity contribution is -0.0691. The standard InChI is InChI=1S/C28H41N9O2/c29-16-24-13-18(5-11-34-27(30)31)14-25(39-24)19-1-3-23(4-2-19)37-17-20-15-22(35-26(20)36-28(37)38)8-12-33-21-6-9-32-10-7-21/h1-4,15,17-18,21,24-25,32-33H,5-14,16,29H2,(H4,30,31,34)(H,35,36,38)/t18-,24-,25-/m1/s1. The van der Waals surface area contributed by atoms with Crippen LogP contribution in [0, 0.1) is 11.3 Å². The molecule has 0 aliphatic carbocycles. The van der Waals surface area contributed by atoms with E-state index in [2.05, 4.69) is 32.0 Å². The summed E-state index contributed by atoms with van der Waals surface area (Å²) in [5.41, 5.74) is 14.6. The van der Waals surface area contributed by atoms with Crippen molar-refractivity contribution in [3.63, 3.8) is 0 Å². The van der Waals surface area contributed by atoms with Gasteiger partial charge in [0.1, 0.15) is 5.65 Å². The second-order valence-electron chi connectivity index (χ2n) is 10.8. The van der Waals surface area contributed by atoms with Crippen LogP contribution in [-0.2, 0) is 11.2 Å². The Labute approximate surface area is 228 Å². The first-order valence-corrected chi connectivity index (χ1v) is 14.1. The van der Waals surface area contributed by atoms with Gasteiger partial charge in [-0.3, -0.25) is 9.98 Å². The Hall–Kier alpha value is -3.25. The number of nitrogens with two attached hydrogens (primary N) is 2. The van der Waals surface area contributed by atoms with E-state index in [4.69, 9.17) is 21.6 Å². The molecule has 2 aliphatic rings. The Kier molecular flexibility index (Phi) is 8.92. The molecule has 0 bridgehead atoms. The molecule has 2 fully saturated rings. The number of hydrogen-bond acceptors (Lipinski definition) is 7. The summed E-state index contributed by atoms with van der Waals surface area (Å²) in [6, 6.07) is 10.6. The summed E-state index contributed by atoms with van der Waals surface area (Å²) in [5.74, 6) is 0.420. The van der Waals surface area contributed by atoms with Gasteiger partial charge in [-0.1, -0.05) is 12.1 Å². The monoisotopic (exact) mass is 535 g/mol. The van der Waals surface area contributed by atoms with Gasteiger partial charge in [-0.2, -0.15) is 4.98 Å². The fraction of sp³-hybridized carbons (Fsp3) is 0.536. The Morgan fingerprint density at radius 1 is 1.18 bits per heavy atom. The Bertz CT molecular complexity index is 1300. The minimum absolute atomic E-state index is 0.00218. The van der Waals surface area contributed by atoms with Crippen molar-refractivity contribution < 1.29 is 4.74 Å². The zero-order chi connectivity index (χ0) is 27.2. The van der Waals surface area contributed by atoms with Crippen molar-refractivity contribution in [2.75, 3.05) is 32.7 Å². The summed E-state index contributed by atoms with van der Waals surface area (Å²) in [5, 5.41) is 18.2. The molecule has 0 spiro atoms. The summed E-state index contributed by atoms with van der Waals surface area (Å²) in [7, 11) is 0. The molecule has 3 atom stereocenters. The second-order valence-corrected chi connectivity index (χ2v) is 10.8. The van der Waals surface area contributed by atoms with Crippen molar-refractivity contribution in [2.24, 2.45) is 17.4 Å². The van der Waals surface area contributed by atoms with E-state index in [-0.39, 0.29) is 23.9 Å². The maximum Gasteiger partial charge on any atom is 0.354 e. The normalized spacial score (nSPS) is 22.2. The summed E-state index contributed by atoms with van der Waals surface area (Å²) in [6.07, 6.45) is 7.66. The number of rotatable bonds is 10. The molecular weight excluding hydrogens is 494 g/mol. The molecule has 210 valence electrons. The molecule has 9 N–H and O–H groups in total. The van der Waals surface area contributed by atoms with Gasteiger partial charge in [0.2, 0.25) is 0 Å². The first-order valence-electron chi connectivity index (χ1n) is 14.1. The molecule has 0 unspecified atom stereocenters. The third-order valence-electron chi connectivity index (χ3n) is 7.90. The predicted molar refractivity (Wildman–Crippen MR) is 153 cm³/mol. The van der Waals surface area contributed by atoms with Gasteiger partial charge in [-0.15, -0.1) is 0 Å². The van der Waals surface area contributed by atoms with Crippen LogP contribution in [-0.4, -0.2) is 65.4 Å². The quantitative estimate of drug-likeness (QED) is 0.150. The highest BCUT2D eigenvalue weighted by Crippen LogP contribution is 2.36. The molecule has 39 heavy (non-hydrogen) atoms. The first-order chi connectivity index (χ1) is 19.0. The Morgan fingerprint density at radius 2 is 1.97 bits per heavy atom. The molecule has 2 aliphatic heterocycles. The summed E-state index contributed by atoms with van der Waals surface area (Å²) in [6.45, 7) is 4.18. The summed E-state index contributed by atoms with van der Waals surface area (Å²) >= 11 is 0. The van der Waals surface area contributed by atoms with Gasteiger partial charge in [0.05, 0.1) is 17.9 Å². The number of aromatic amines is 1. The lowest BCUT2D eigenvalue weighted by atomic mass is 9.86. The smallest absolute Gasteiger partial charge is 0.354 e. The van der Waals surface area contributed by atoms with Crippen LogP contribution >= 0.6 is 0 Å². The molecule has 0 amide bonds. The fourth-order valence-electron chi connectivity index (χ4n) is 5.78. The zero-order valence-corrected chi connectivity index (χ0v) is 22.4. The third-order valence-corrected chi connectivity index (χ3v) is 7.90. The van der Waals surface area contributed by atoms with Crippen LogP contribution in [0.3, 0.4) is 0 Å². The second kappa shape index (κ2) is 12.7. The highest BCUT2D eigenvalue weighted by molar-refractivity contribution is 5.75. The van der Waals surface area contributed by atoms with E-state index in [1.165, 1.54) is 0 Å². The summed E-state index contributed by atoms with van der Waals surface area (Å²) < 4.78 is 7.87. The minimum Gasteiger partial charge on any atom is -0.370 e. The van der Waals surface area contributed by atoms with Gasteiger partial charge < -0.3 is 37.1 Å². The molecule has 0 radical (unpaired) electrons. The molecule has 11 nitrogen and oxygen atoms in total. The number of nitrogens with zero attached hydrogens (tertiary/aromatic N) is 2. The van der Waals surface area contributed by atoms with Gasteiger partial charge in [-0.05, 0) is 74.9 Å². The largest absolute Gasteiger partial charge is 0.370 e. The highest BCUT2D eigenvalue weighted by Gasteiger charge is 2.29. The number of hydrogen-bond donors (Lipinski definition) is 7. The maximum atomic E-state index is 12.9. The van der Waals surface area contributed by atoms with Gasteiger partial charge in [0.25, 0.3) is 0 Å². The van der Waals surface area contributed by atoms with E-state index in [1.54, 1.807) is 4.57 Å². The average molecular weight is 536 g/mol. The number of fused-ring (bicyclic) bond motifs is 1. The van der Waals surface area contributed by atoms with Crippen LogP contribution in [0.1, 0.15) is 49.5 Å². The van der Waals surface area contributed by atoms with Crippen molar-refractivity contribution in [1.29, 1.82) is 5.41 Å². The number of aromatic nitrogens is 3. The van der Waals surface area contributed by atoms with Crippen LogP contribution < -0.4 is 33.1 Å². The van der Waals surface area contributed by atoms with Crippen LogP contribution in [0.15, 0.2) is 41.3 Å². The molecule has 3 aromatic rings. The van der Waals surface area contributed by atoms with Crippen LogP contribution in [0.5, 0.6) is 0 Å². The topological polar surface area (TPSA) is 172 Å². The van der Waals surface area contributed by atoms with Gasteiger partial charge in [-0.25, -0.2) is 4.79 Å². The van der Waals surface area contributed by atoms with Crippen LogP contribution in [0.4, 0.5) is 0 Å². The van der Waals surface area contributed by atoms with Crippen LogP contribution in [0.2, 0.25) is 0 Å². The van der Waals surface area contributed by atoms with Crippen molar-refractivity contribution in [2.45, 2.75) is 56.8 Å². The van der Waals surface area contributed by atoms with Crippen molar-refractivity contribution in [3.8, 4) is 5.69 Å². The van der Waals surface area contributed by atoms with E-state index in [0.29, 0.717) is 30.7 Å². The van der Waals surface area contributed by atoms with Crippen molar-refractivity contribution in [1.82, 2.24) is 30.5 Å². The zero-order valence-electron chi connectivity index (χ0n) is 22.4. The molecule has 11 heteroatoms. The lowest BCUT2D eigenvalue weighted by Crippen LogP contribution is -2.40. The minimum atomic E-state index is -0.313. The van der Waals surface area contributed by atoms with E-state index < -0.39 is 0 Å². The van der Waals surface area contributed by atoms with Gasteiger partial charge in [0.15, 0.2) is 5.96 Å². The molecule has 2 aromatic heterocycles. The van der Waals surface area contributed by atoms with E-state index in [9.17, 15) is 4.79 Å². The SMILES string of the molecule is N=C(N)NCC[C@@H]1C[C@H](CN)O[C@@H](c2ccc(-n3cc4cc(CCNC5CCNCC5)[nH]c4nc3=O)cc2)C1. The molecular formula is C28H41N9O2. The van der Waals surface area contributed by atoms with Crippen molar-refractivity contribution >= 4 is 17.0 Å². The number of piperidine rings is 1. The first kappa shape index (κ1) is 27.3. The predicted octanol–water partition coefficient (Wildman–Crippen LogP) is 1.27. The van der Waals surface area contributed by atoms with Gasteiger partial charge in [0, 0.05) is 49.4 Å². The van der Waals surface area contributed by atoms with Crippen LogP contribution in [0.25, 0.3) is 16.7 Å². The highest BCUT2D eigenvalue weighted by atomic mass is 16.5. The maximum absolute atomic E-state index is 12.9. The summed E-state index contributed by atoms with van der Waals surface area (Å²) in [4.78, 5) is 20.5. The number of ether oxygens (including phenoxy) is 1. The number of nitrogens with one attached hydrogen (secondary N) is 5. The number of H-pyrrole nitrogens is 1. The Balaban J connectivity index is 1.24. The molecule has 0 saturated carbocycles. The molecule has 4 heterocycles. The third kappa shape index (κ3) is 7.04. The molecule has 2 saturated heterocycles. The lowest BCUT2D eigenvalue weighted by Gasteiger charge is -2.35. The Morgan fingerprint density at radius 3 is 2.72 bits per heavy atom. The number of benzene rings is 1. The van der Waals surface area contributed by atoms with E-state index >= 15 is 0 Å². The fourth-order valence-corrected chi connectivity index (χ4v) is 5.78. The number of guanidine groups is 1. The van der Waals surface area contributed by atoms with Crippen molar-refractivity contribution in [3.05, 3.63) is 58.3 Å². The average Bonchev–Trinajstić information content (AvgIpc) is 3.34.